The largest absolute Gasteiger partial charge is 0.325 e. The van der Waals surface area contributed by atoms with Crippen molar-refractivity contribution >= 4 is 50.2 Å². The number of halogens is 1. The molecule has 0 bridgehead atoms. The smallest absolute Gasteiger partial charge is 0.271 e. The van der Waals surface area contributed by atoms with Gasteiger partial charge < -0.3 is 5.32 Å². The Morgan fingerprint density at radius 1 is 1.38 bits per heavy atom. The first-order valence-corrected chi connectivity index (χ1v) is 9.09. The van der Waals surface area contributed by atoms with Crippen LogP contribution >= 0.6 is 22.9 Å². The maximum atomic E-state index is 12.3. The predicted octanol–water partition coefficient (Wildman–Crippen LogP) is 2.57. The lowest BCUT2D eigenvalue weighted by Crippen LogP contribution is -2.34. The SMILES string of the molecule is CN(CC(=O)Nc1cccc([N+](=O)[O-])c1)S(=O)(=O)c1ccc(Cl)s1. The van der Waals surface area contributed by atoms with Crippen LogP contribution in [0.3, 0.4) is 0 Å². The molecule has 2 rings (SSSR count). The summed E-state index contributed by atoms with van der Waals surface area (Å²) < 4.78 is 25.8. The number of nitrogens with zero attached hydrogens (tertiary/aromatic N) is 2. The molecule has 1 N–H and O–H groups in total. The van der Waals surface area contributed by atoms with E-state index in [0.29, 0.717) is 4.34 Å². The third-order valence-electron chi connectivity index (χ3n) is 2.92. The molecule has 11 heteroatoms. The Morgan fingerprint density at radius 2 is 2.08 bits per heavy atom. The summed E-state index contributed by atoms with van der Waals surface area (Å²) in [6.07, 6.45) is 0. The summed E-state index contributed by atoms with van der Waals surface area (Å²) in [4.78, 5) is 22.1. The number of benzene rings is 1. The molecule has 1 heterocycles. The number of likely N-dealkylation sites (N-methyl/N-ethyl adjacent to an activating group) is 1. The van der Waals surface area contributed by atoms with Crippen molar-refractivity contribution in [1.29, 1.82) is 0 Å². The molecule has 24 heavy (non-hydrogen) atoms. The number of non-ortho nitro benzene ring substituents is 1. The highest BCUT2D eigenvalue weighted by atomic mass is 35.5. The van der Waals surface area contributed by atoms with Crippen LogP contribution in [0.15, 0.2) is 40.6 Å². The minimum atomic E-state index is -3.83. The fourth-order valence-corrected chi connectivity index (χ4v) is 4.60. The molecule has 0 aliphatic heterocycles. The molecule has 0 unspecified atom stereocenters. The molecule has 0 saturated carbocycles. The van der Waals surface area contributed by atoms with E-state index in [4.69, 9.17) is 11.6 Å². The van der Waals surface area contributed by atoms with Gasteiger partial charge in [-0.05, 0) is 18.2 Å². The number of carbonyl (C=O) groups excluding carboxylic acids is 1. The minimum Gasteiger partial charge on any atom is -0.325 e. The number of nitro groups is 1. The van der Waals surface area contributed by atoms with E-state index in [2.05, 4.69) is 5.32 Å². The molecule has 0 radical (unpaired) electrons. The van der Waals surface area contributed by atoms with Crippen LogP contribution in [0, 0.1) is 10.1 Å². The van der Waals surface area contributed by atoms with Crippen molar-refractivity contribution in [3.8, 4) is 0 Å². The molecule has 0 aliphatic carbocycles. The quantitative estimate of drug-likeness (QED) is 0.603. The zero-order chi connectivity index (χ0) is 17.9. The second-order valence-electron chi connectivity index (χ2n) is 4.68. The van der Waals surface area contributed by atoms with E-state index in [1.807, 2.05) is 0 Å². The second kappa shape index (κ2) is 7.26. The van der Waals surface area contributed by atoms with Crippen molar-refractivity contribution in [1.82, 2.24) is 4.31 Å². The Labute approximate surface area is 146 Å². The van der Waals surface area contributed by atoms with Gasteiger partial charge in [-0.25, -0.2) is 8.42 Å². The molecule has 1 aromatic heterocycles. The third kappa shape index (κ3) is 4.29. The summed E-state index contributed by atoms with van der Waals surface area (Å²) >= 11 is 6.61. The number of hydrogen-bond donors (Lipinski definition) is 1. The Kier molecular flexibility index (Phi) is 5.54. The first-order chi connectivity index (χ1) is 11.2. The summed E-state index contributed by atoms with van der Waals surface area (Å²) in [6, 6.07) is 8.17. The molecule has 1 amide bonds. The van der Waals surface area contributed by atoms with Crippen LogP contribution in [0.2, 0.25) is 4.34 Å². The van der Waals surface area contributed by atoms with Crippen molar-refractivity contribution in [3.63, 3.8) is 0 Å². The molecule has 0 saturated heterocycles. The molecule has 0 atom stereocenters. The number of nitro benzene ring substituents is 1. The molecule has 0 spiro atoms. The number of amides is 1. The lowest BCUT2D eigenvalue weighted by molar-refractivity contribution is -0.384. The molecule has 0 aliphatic rings. The lowest BCUT2D eigenvalue weighted by atomic mass is 10.3. The maximum Gasteiger partial charge on any atom is 0.271 e. The first kappa shape index (κ1) is 18.3. The van der Waals surface area contributed by atoms with Gasteiger partial charge in [-0.3, -0.25) is 14.9 Å². The van der Waals surface area contributed by atoms with Crippen LogP contribution in [0.1, 0.15) is 0 Å². The average molecular weight is 390 g/mol. The van der Waals surface area contributed by atoms with Gasteiger partial charge in [0, 0.05) is 24.9 Å². The number of thiophene rings is 1. The van der Waals surface area contributed by atoms with E-state index >= 15 is 0 Å². The summed E-state index contributed by atoms with van der Waals surface area (Å²) in [5, 5.41) is 13.1. The van der Waals surface area contributed by atoms with Gasteiger partial charge in [0.05, 0.1) is 15.8 Å². The van der Waals surface area contributed by atoms with Gasteiger partial charge >= 0.3 is 0 Å². The monoisotopic (exact) mass is 389 g/mol. The number of sulfonamides is 1. The van der Waals surface area contributed by atoms with Crippen LogP contribution in [0.5, 0.6) is 0 Å². The van der Waals surface area contributed by atoms with Gasteiger partial charge in [0.15, 0.2) is 0 Å². The van der Waals surface area contributed by atoms with Crippen molar-refractivity contribution in [3.05, 3.63) is 50.8 Å². The Balaban J connectivity index is 2.06. The zero-order valence-corrected chi connectivity index (χ0v) is 14.7. The predicted molar refractivity (Wildman–Crippen MR) is 90.9 cm³/mol. The van der Waals surface area contributed by atoms with E-state index in [9.17, 15) is 23.3 Å². The number of hydrogen-bond acceptors (Lipinski definition) is 6. The number of carbonyl (C=O) groups is 1. The van der Waals surface area contributed by atoms with Gasteiger partial charge in [0.25, 0.3) is 15.7 Å². The molecular formula is C13H12ClN3O5S2. The van der Waals surface area contributed by atoms with Crippen LogP contribution in [-0.4, -0.2) is 37.1 Å². The Bertz CT molecular complexity index is 881. The normalized spacial score (nSPS) is 11.5. The van der Waals surface area contributed by atoms with Gasteiger partial charge in [-0.15, -0.1) is 11.3 Å². The lowest BCUT2D eigenvalue weighted by Gasteiger charge is -2.15. The molecule has 8 nitrogen and oxygen atoms in total. The number of anilines is 1. The van der Waals surface area contributed by atoms with E-state index < -0.39 is 27.4 Å². The van der Waals surface area contributed by atoms with Crippen molar-refractivity contribution in [2.75, 3.05) is 18.9 Å². The van der Waals surface area contributed by atoms with Crippen molar-refractivity contribution < 1.29 is 18.1 Å². The summed E-state index contributed by atoms with van der Waals surface area (Å²) in [5.74, 6) is -0.621. The van der Waals surface area contributed by atoms with Gasteiger partial charge in [-0.2, -0.15) is 4.31 Å². The van der Waals surface area contributed by atoms with Crippen LogP contribution < -0.4 is 5.32 Å². The van der Waals surface area contributed by atoms with Gasteiger partial charge in [0.1, 0.15) is 4.21 Å². The molecule has 0 fully saturated rings. The summed E-state index contributed by atoms with van der Waals surface area (Å²) in [5.41, 5.74) is 0.0289. The molecule has 128 valence electrons. The topological polar surface area (TPSA) is 110 Å². The average Bonchev–Trinajstić information content (AvgIpc) is 2.94. The van der Waals surface area contributed by atoms with Crippen LogP contribution in [0.25, 0.3) is 0 Å². The standard InChI is InChI=1S/C13H12ClN3O5S2/c1-16(24(21,22)13-6-5-11(14)23-13)8-12(18)15-9-3-2-4-10(7-9)17(19)20/h2-7H,8H2,1H3,(H,15,18). The fraction of sp³-hybridized carbons (Fsp3) is 0.154. The number of nitrogens with one attached hydrogen (secondary N) is 1. The van der Waals surface area contributed by atoms with E-state index in [1.165, 1.54) is 43.4 Å². The molecular weight excluding hydrogens is 378 g/mol. The van der Waals surface area contributed by atoms with Crippen LogP contribution in [-0.2, 0) is 14.8 Å². The van der Waals surface area contributed by atoms with E-state index in [-0.39, 0.29) is 15.6 Å². The first-order valence-electron chi connectivity index (χ1n) is 6.46. The third-order valence-corrected chi connectivity index (χ3v) is 6.42. The summed E-state index contributed by atoms with van der Waals surface area (Å²) in [6.45, 7) is -0.444. The highest BCUT2D eigenvalue weighted by molar-refractivity contribution is 7.91. The van der Waals surface area contributed by atoms with Gasteiger partial charge in [0.2, 0.25) is 5.91 Å². The highest BCUT2D eigenvalue weighted by Gasteiger charge is 2.24. The minimum absolute atomic E-state index is 0.0261. The Morgan fingerprint density at radius 3 is 2.67 bits per heavy atom. The number of rotatable bonds is 6. The van der Waals surface area contributed by atoms with Crippen LogP contribution in [0.4, 0.5) is 11.4 Å². The fourth-order valence-electron chi connectivity index (χ4n) is 1.77. The van der Waals surface area contributed by atoms with Crippen molar-refractivity contribution in [2.45, 2.75) is 4.21 Å². The second-order valence-corrected chi connectivity index (χ2v) is 8.66. The maximum absolute atomic E-state index is 12.3. The molecule has 1 aromatic carbocycles. The van der Waals surface area contributed by atoms with E-state index in [0.717, 1.165) is 15.6 Å². The van der Waals surface area contributed by atoms with Crippen molar-refractivity contribution in [2.24, 2.45) is 0 Å². The van der Waals surface area contributed by atoms with E-state index in [1.54, 1.807) is 0 Å². The highest BCUT2D eigenvalue weighted by Crippen LogP contribution is 2.27. The Hall–Kier alpha value is -2.01. The van der Waals surface area contributed by atoms with Gasteiger partial charge in [-0.1, -0.05) is 17.7 Å². The zero-order valence-electron chi connectivity index (χ0n) is 12.3. The summed E-state index contributed by atoms with van der Waals surface area (Å²) in [7, 11) is -2.57. The molecule has 2 aromatic rings.